The Morgan fingerprint density at radius 1 is 1.67 bits per heavy atom. The first-order chi connectivity index (χ1) is 8.45. The van der Waals surface area contributed by atoms with E-state index in [9.17, 15) is 8.42 Å². The maximum absolute atomic E-state index is 12.5. The first-order valence-electron chi connectivity index (χ1n) is 5.53. The molecule has 0 aliphatic carbocycles. The van der Waals surface area contributed by atoms with E-state index in [-0.39, 0.29) is 6.10 Å². The van der Waals surface area contributed by atoms with Crippen LogP contribution in [0.25, 0.3) is 0 Å². The van der Waals surface area contributed by atoms with Crippen molar-refractivity contribution in [1.29, 1.82) is 0 Å². The average molecular weight is 355 g/mol. The SMILES string of the molecule is Cc1sc(Br)cc1S(=O)(=O)N1CCOC(CN)C1. The average Bonchev–Trinajstić information content (AvgIpc) is 2.69. The number of nitrogens with two attached hydrogens (primary N) is 1. The molecule has 0 radical (unpaired) electrons. The van der Waals surface area contributed by atoms with E-state index >= 15 is 0 Å². The quantitative estimate of drug-likeness (QED) is 0.884. The lowest BCUT2D eigenvalue weighted by Crippen LogP contribution is -2.48. The largest absolute Gasteiger partial charge is 0.374 e. The van der Waals surface area contributed by atoms with Crippen LogP contribution in [0.15, 0.2) is 14.7 Å². The number of hydrogen-bond donors (Lipinski definition) is 1. The van der Waals surface area contributed by atoms with Crippen molar-refractivity contribution >= 4 is 37.3 Å². The Morgan fingerprint density at radius 3 is 2.94 bits per heavy atom. The molecule has 0 aromatic carbocycles. The fraction of sp³-hybridized carbons (Fsp3) is 0.600. The maximum atomic E-state index is 12.5. The monoisotopic (exact) mass is 354 g/mol. The number of hydrogen-bond acceptors (Lipinski definition) is 5. The lowest BCUT2D eigenvalue weighted by molar-refractivity contribution is 0.00450. The summed E-state index contributed by atoms with van der Waals surface area (Å²) in [4.78, 5) is 1.16. The molecular formula is C10H15BrN2O3S2. The van der Waals surface area contributed by atoms with Gasteiger partial charge in [0, 0.05) is 24.5 Å². The molecule has 102 valence electrons. The van der Waals surface area contributed by atoms with E-state index < -0.39 is 10.0 Å². The number of rotatable bonds is 3. The highest BCUT2D eigenvalue weighted by Gasteiger charge is 2.32. The van der Waals surface area contributed by atoms with E-state index in [4.69, 9.17) is 10.5 Å². The summed E-state index contributed by atoms with van der Waals surface area (Å²) in [6.07, 6.45) is -0.212. The van der Waals surface area contributed by atoms with Crippen LogP contribution in [0.2, 0.25) is 0 Å². The standard InChI is InChI=1S/C10H15BrN2O3S2/c1-7-9(4-10(11)17-7)18(14,15)13-2-3-16-8(5-12)6-13/h4,8H,2-3,5-6,12H2,1H3. The van der Waals surface area contributed by atoms with Crippen LogP contribution in [0, 0.1) is 6.92 Å². The maximum Gasteiger partial charge on any atom is 0.244 e. The molecule has 0 spiro atoms. The lowest BCUT2D eigenvalue weighted by Gasteiger charge is -2.31. The summed E-state index contributed by atoms with van der Waals surface area (Å²) < 4.78 is 32.7. The second kappa shape index (κ2) is 5.56. The third-order valence-corrected chi connectivity index (χ3v) is 6.50. The van der Waals surface area contributed by atoms with Crippen LogP contribution in [0.3, 0.4) is 0 Å². The van der Waals surface area contributed by atoms with Gasteiger partial charge in [-0.05, 0) is 28.9 Å². The molecule has 8 heteroatoms. The smallest absolute Gasteiger partial charge is 0.244 e. The number of thiophene rings is 1. The number of sulfonamides is 1. The highest BCUT2D eigenvalue weighted by Crippen LogP contribution is 2.32. The Bertz CT molecular complexity index is 529. The van der Waals surface area contributed by atoms with E-state index in [1.165, 1.54) is 15.6 Å². The normalized spacial score (nSPS) is 22.3. The molecule has 1 atom stereocenters. The van der Waals surface area contributed by atoms with Crippen LogP contribution in [-0.2, 0) is 14.8 Å². The molecular weight excluding hydrogens is 340 g/mol. The molecule has 1 saturated heterocycles. The van der Waals surface area contributed by atoms with Crippen molar-refractivity contribution in [3.05, 3.63) is 14.7 Å². The molecule has 1 fully saturated rings. The number of nitrogens with zero attached hydrogens (tertiary/aromatic N) is 1. The Kier molecular flexibility index (Phi) is 4.45. The summed E-state index contributed by atoms with van der Waals surface area (Å²) in [5.41, 5.74) is 5.53. The summed E-state index contributed by atoms with van der Waals surface area (Å²) in [6, 6.07) is 1.66. The molecule has 0 bridgehead atoms. The van der Waals surface area contributed by atoms with E-state index in [2.05, 4.69) is 15.9 Å². The van der Waals surface area contributed by atoms with E-state index in [1.54, 1.807) is 6.07 Å². The van der Waals surface area contributed by atoms with Gasteiger partial charge < -0.3 is 10.5 Å². The Morgan fingerprint density at radius 2 is 2.39 bits per heavy atom. The Labute approximate surface area is 119 Å². The molecule has 18 heavy (non-hydrogen) atoms. The van der Waals surface area contributed by atoms with E-state index in [0.29, 0.717) is 31.1 Å². The van der Waals surface area contributed by atoms with E-state index in [0.717, 1.165) is 8.66 Å². The van der Waals surface area contributed by atoms with Crippen molar-refractivity contribution < 1.29 is 13.2 Å². The molecule has 1 aromatic rings. The molecule has 0 amide bonds. The second-order valence-corrected chi connectivity index (χ2v) is 8.60. The highest BCUT2D eigenvalue weighted by atomic mass is 79.9. The Hall–Kier alpha value is 0.01000. The molecule has 1 aliphatic heterocycles. The molecule has 1 aliphatic rings. The fourth-order valence-corrected chi connectivity index (χ4v) is 5.72. The van der Waals surface area contributed by atoms with E-state index in [1.807, 2.05) is 6.92 Å². The van der Waals surface area contributed by atoms with Crippen molar-refractivity contribution in [3.63, 3.8) is 0 Å². The van der Waals surface area contributed by atoms with Gasteiger partial charge in [0.1, 0.15) is 0 Å². The topological polar surface area (TPSA) is 72.6 Å². The van der Waals surface area contributed by atoms with Crippen molar-refractivity contribution in [2.24, 2.45) is 5.73 Å². The molecule has 1 unspecified atom stereocenters. The van der Waals surface area contributed by atoms with Crippen LogP contribution in [-0.4, -0.2) is 45.1 Å². The van der Waals surface area contributed by atoms with Crippen molar-refractivity contribution in [1.82, 2.24) is 4.31 Å². The van der Waals surface area contributed by atoms with Crippen LogP contribution in [0.1, 0.15) is 4.88 Å². The van der Waals surface area contributed by atoms with Crippen LogP contribution >= 0.6 is 27.3 Å². The Balaban J connectivity index is 2.28. The van der Waals surface area contributed by atoms with Gasteiger partial charge in [-0.25, -0.2) is 8.42 Å². The molecule has 0 saturated carbocycles. The summed E-state index contributed by atoms with van der Waals surface area (Å²) in [6.45, 7) is 3.24. The summed E-state index contributed by atoms with van der Waals surface area (Å²) in [5.74, 6) is 0. The third kappa shape index (κ3) is 2.78. The predicted octanol–water partition coefficient (Wildman–Crippen LogP) is 1.17. The molecule has 5 nitrogen and oxygen atoms in total. The van der Waals surface area contributed by atoms with Gasteiger partial charge in [0.15, 0.2) is 0 Å². The molecule has 2 N–H and O–H groups in total. The van der Waals surface area contributed by atoms with Crippen LogP contribution in [0.4, 0.5) is 0 Å². The summed E-state index contributed by atoms with van der Waals surface area (Å²) >= 11 is 4.74. The number of halogens is 1. The minimum absolute atomic E-state index is 0.212. The minimum atomic E-state index is -3.44. The van der Waals surface area contributed by atoms with Gasteiger partial charge >= 0.3 is 0 Å². The number of aryl methyl sites for hydroxylation is 1. The third-order valence-electron chi connectivity index (χ3n) is 2.82. The van der Waals surface area contributed by atoms with Gasteiger partial charge in [0.2, 0.25) is 10.0 Å². The van der Waals surface area contributed by atoms with Gasteiger partial charge in [0.05, 0.1) is 21.4 Å². The molecule has 2 heterocycles. The highest BCUT2D eigenvalue weighted by molar-refractivity contribution is 9.11. The predicted molar refractivity (Wildman–Crippen MR) is 74.3 cm³/mol. The lowest BCUT2D eigenvalue weighted by atomic mass is 10.3. The van der Waals surface area contributed by atoms with Gasteiger partial charge in [-0.2, -0.15) is 4.31 Å². The van der Waals surface area contributed by atoms with Gasteiger partial charge in [-0.1, -0.05) is 0 Å². The first-order valence-corrected chi connectivity index (χ1v) is 8.58. The van der Waals surface area contributed by atoms with Crippen molar-refractivity contribution in [3.8, 4) is 0 Å². The number of morpholine rings is 1. The molecule has 2 rings (SSSR count). The van der Waals surface area contributed by atoms with Gasteiger partial charge in [-0.15, -0.1) is 11.3 Å². The van der Waals surface area contributed by atoms with Crippen molar-refractivity contribution in [2.75, 3.05) is 26.2 Å². The zero-order valence-electron chi connectivity index (χ0n) is 9.93. The fourth-order valence-electron chi connectivity index (χ4n) is 1.88. The minimum Gasteiger partial charge on any atom is -0.374 e. The first kappa shape index (κ1) is 14.4. The van der Waals surface area contributed by atoms with Crippen LogP contribution in [0.5, 0.6) is 0 Å². The van der Waals surface area contributed by atoms with Gasteiger partial charge in [-0.3, -0.25) is 0 Å². The number of ether oxygens (including phenoxy) is 1. The van der Waals surface area contributed by atoms with Gasteiger partial charge in [0.25, 0.3) is 0 Å². The van der Waals surface area contributed by atoms with Crippen molar-refractivity contribution in [2.45, 2.75) is 17.9 Å². The zero-order valence-corrected chi connectivity index (χ0v) is 13.1. The second-order valence-electron chi connectivity index (χ2n) is 4.06. The zero-order chi connectivity index (χ0) is 13.3. The summed E-state index contributed by atoms with van der Waals surface area (Å²) in [5, 5.41) is 0. The molecule has 1 aromatic heterocycles. The summed E-state index contributed by atoms with van der Waals surface area (Å²) in [7, 11) is -3.44. The van der Waals surface area contributed by atoms with Crippen LogP contribution < -0.4 is 5.73 Å².